The van der Waals surface area contributed by atoms with Gasteiger partial charge in [0, 0.05) is 59.1 Å². The number of carbonyl (C=O) groups is 2. The van der Waals surface area contributed by atoms with Crippen LogP contribution < -0.4 is 9.64 Å². The van der Waals surface area contributed by atoms with Crippen molar-refractivity contribution in [3.8, 4) is 5.75 Å². The van der Waals surface area contributed by atoms with Crippen molar-refractivity contribution in [2.75, 3.05) is 52.2 Å². The summed E-state index contributed by atoms with van der Waals surface area (Å²) in [5.41, 5.74) is 5.05. The molecule has 2 heterocycles. The van der Waals surface area contributed by atoms with E-state index in [2.05, 4.69) is 48.9 Å². The van der Waals surface area contributed by atoms with Gasteiger partial charge >= 0.3 is 6.09 Å². The third kappa shape index (κ3) is 4.98. The summed E-state index contributed by atoms with van der Waals surface area (Å²) in [6.45, 7) is 9.43. The van der Waals surface area contributed by atoms with Crippen molar-refractivity contribution in [2.45, 2.75) is 32.9 Å². The minimum Gasteiger partial charge on any atom is -0.409 e. The first-order valence-corrected chi connectivity index (χ1v) is 11.6. The molecule has 0 radical (unpaired) electrons. The highest BCUT2D eigenvalue weighted by molar-refractivity contribution is 5.98. The average molecular weight is 451 g/mol. The van der Waals surface area contributed by atoms with E-state index in [-0.39, 0.29) is 11.8 Å². The van der Waals surface area contributed by atoms with Crippen molar-refractivity contribution < 1.29 is 14.3 Å². The molecule has 0 aromatic heterocycles. The van der Waals surface area contributed by atoms with Gasteiger partial charge in [-0.2, -0.15) is 0 Å². The molecule has 0 saturated carbocycles. The molecule has 0 atom stereocenters. The Morgan fingerprint density at radius 3 is 2.30 bits per heavy atom. The first-order valence-electron chi connectivity index (χ1n) is 11.6. The van der Waals surface area contributed by atoms with Crippen molar-refractivity contribution in [3.05, 3.63) is 58.7 Å². The van der Waals surface area contributed by atoms with Crippen LogP contribution in [0.15, 0.2) is 36.4 Å². The Labute approximate surface area is 196 Å². The number of fused-ring (bicyclic) bond motifs is 1. The lowest BCUT2D eigenvalue weighted by atomic mass is 9.99. The molecule has 2 aliphatic heterocycles. The molecule has 1 saturated heterocycles. The van der Waals surface area contributed by atoms with Crippen LogP contribution in [0.2, 0.25) is 0 Å². The maximum Gasteiger partial charge on any atom is 0.414 e. The van der Waals surface area contributed by atoms with Crippen LogP contribution in [-0.4, -0.2) is 74.0 Å². The minimum atomic E-state index is -0.497. The summed E-state index contributed by atoms with van der Waals surface area (Å²) in [4.78, 5) is 33.7. The Kier molecular flexibility index (Phi) is 6.61. The Hall–Kier alpha value is -3.06. The molecule has 2 aliphatic rings. The molecule has 33 heavy (non-hydrogen) atoms. The highest BCUT2D eigenvalue weighted by Gasteiger charge is 2.28. The molecule has 2 aromatic carbocycles. The number of hydrogen-bond acceptors (Lipinski definition) is 5. The summed E-state index contributed by atoms with van der Waals surface area (Å²) in [5, 5.41) is 0. The molecule has 0 bridgehead atoms. The zero-order chi connectivity index (χ0) is 23.7. The fourth-order valence-corrected chi connectivity index (χ4v) is 4.30. The minimum absolute atomic E-state index is 0.114. The van der Waals surface area contributed by atoms with Crippen molar-refractivity contribution in [3.63, 3.8) is 0 Å². The second-order valence-corrected chi connectivity index (χ2v) is 9.58. The van der Waals surface area contributed by atoms with Crippen LogP contribution in [0, 0.1) is 0 Å². The molecule has 7 nitrogen and oxygen atoms in total. The first kappa shape index (κ1) is 23.1. The van der Waals surface area contributed by atoms with Gasteiger partial charge in [0.15, 0.2) is 0 Å². The predicted molar refractivity (Wildman–Crippen MR) is 130 cm³/mol. The Bertz CT molecular complexity index is 1040. The van der Waals surface area contributed by atoms with Gasteiger partial charge in [0.25, 0.3) is 5.91 Å². The normalized spacial score (nSPS) is 16.2. The van der Waals surface area contributed by atoms with Gasteiger partial charge in [-0.15, -0.1) is 0 Å². The number of amides is 2. The summed E-state index contributed by atoms with van der Waals surface area (Å²) < 4.78 is 5.54. The lowest BCUT2D eigenvalue weighted by molar-refractivity contribution is 0.0748. The molecular formula is C26H34N4O3. The largest absolute Gasteiger partial charge is 0.414 e. The standard InChI is InChI=1S/C26H34N4O3/c1-18(2)19-7-9-24(33-26(32)27(3)4)23(15-19)25(31)30-16-20-6-8-22(14-21(20)17-30)29-12-10-28(5)11-13-29/h6-9,14-15,18H,10-13,16-17H2,1-5H3. The highest BCUT2D eigenvalue weighted by Crippen LogP contribution is 2.32. The quantitative estimate of drug-likeness (QED) is 0.710. The van der Waals surface area contributed by atoms with Crippen molar-refractivity contribution >= 4 is 17.7 Å². The number of ether oxygens (including phenoxy) is 1. The third-order valence-corrected chi connectivity index (χ3v) is 6.53. The monoisotopic (exact) mass is 450 g/mol. The Morgan fingerprint density at radius 1 is 0.939 bits per heavy atom. The van der Waals surface area contributed by atoms with Gasteiger partial charge in [-0.25, -0.2) is 4.79 Å². The predicted octanol–water partition coefficient (Wildman–Crippen LogP) is 3.78. The van der Waals surface area contributed by atoms with E-state index in [1.54, 1.807) is 20.2 Å². The van der Waals surface area contributed by atoms with Gasteiger partial charge in [-0.1, -0.05) is 26.0 Å². The van der Waals surface area contributed by atoms with E-state index in [0.29, 0.717) is 24.4 Å². The average Bonchev–Trinajstić information content (AvgIpc) is 3.22. The van der Waals surface area contributed by atoms with E-state index >= 15 is 0 Å². The van der Waals surface area contributed by atoms with Crippen LogP contribution in [0.25, 0.3) is 0 Å². The highest BCUT2D eigenvalue weighted by atomic mass is 16.6. The number of benzene rings is 2. The van der Waals surface area contributed by atoms with E-state index in [1.165, 1.54) is 21.7 Å². The molecule has 2 amide bonds. The number of piperazine rings is 1. The number of rotatable bonds is 4. The number of hydrogen-bond donors (Lipinski definition) is 0. The summed E-state index contributed by atoms with van der Waals surface area (Å²) in [5.74, 6) is 0.450. The van der Waals surface area contributed by atoms with Gasteiger partial charge in [-0.05, 0) is 53.9 Å². The van der Waals surface area contributed by atoms with E-state index in [4.69, 9.17) is 4.74 Å². The fourth-order valence-electron chi connectivity index (χ4n) is 4.30. The van der Waals surface area contributed by atoms with E-state index in [1.807, 2.05) is 17.0 Å². The van der Waals surface area contributed by atoms with E-state index in [9.17, 15) is 9.59 Å². The zero-order valence-corrected chi connectivity index (χ0v) is 20.3. The van der Waals surface area contributed by atoms with Crippen LogP contribution in [0.5, 0.6) is 5.75 Å². The molecule has 1 fully saturated rings. The van der Waals surface area contributed by atoms with E-state index in [0.717, 1.165) is 31.7 Å². The summed E-state index contributed by atoms with van der Waals surface area (Å²) in [7, 11) is 5.41. The zero-order valence-electron chi connectivity index (χ0n) is 20.3. The number of nitrogens with zero attached hydrogens (tertiary/aromatic N) is 4. The van der Waals surface area contributed by atoms with Gasteiger partial charge in [0.2, 0.25) is 0 Å². The summed E-state index contributed by atoms with van der Waals surface area (Å²) in [6, 6.07) is 12.1. The molecule has 0 aliphatic carbocycles. The van der Waals surface area contributed by atoms with Crippen LogP contribution in [-0.2, 0) is 13.1 Å². The van der Waals surface area contributed by atoms with Crippen LogP contribution in [0.1, 0.15) is 46.8 Å². The Morgan fingerprint density at radius 2 is 1.64 bits per heavy atom. The van der Waals surface area contributed by atoms with Gasteiger partial charge in [0.05, 0.1) is 5.56 Å². The van der Waals surface area contributed by atoms with Crippen LogP contribution >= 0.6 is 0 Å². The third-order valence-electron chi connectivity index (χ3n) is 6.53. The number of carbonyl (C=O) groups excluding carboxylic acids is 2. The lowest BCUT2D eigenvalue weighted by Crippen LogP contribution is -2.44. The molecular weight excluding hydrogens is 416 g/mol. The maximum absolute atomic E-state index is 13.6. The molecule has 2 aromatic rings. The molecule has 0 spiro atoms. The number of likely N-dealkylation sites (N-methyl/N-ethyl adjacent to an activating group) is 1. The van der Waals surface area contributed by atoms with Crippen LogP contribution in [0.4, 0.5) is 10.5 Å². The molecule has 7 heteroatoms. The topological polar surface area (TPSA) is 56.3 Å². The molecule has 176 valence electrons. The molecule has 0 N–H and O–H groups in total. The van der Waals surface area contributed by atoms with Gasteiger partial charge in [-0.3, -0.25) is 4.79 Å². The SMILES string of the molecule is CC(C)c1ccc(OC(=O)N(C)C)c(C(=O)N2Cc3ccc(N4CCN(C)CC4)cc3C2)c1. The van der Waals surface area contributed by atoms with Crippen LogP contribution in [0.3, 0.4) is 0 Å². The lowest BCUT2D eigenvalue weighted by Gasteiger charge is -2.34. The maximum atomic E-state index is 13.6. The number of anilines is 1. The Balaban J connectivity index is 1.56. The van der Waals surface area contributed by atoms with E-state index < -0.39 is 6.09 Å². The molecule has 0 unspecified atom stereocenters. The van der Waals surface area contributed by atoms with Gasteiger partial charge in [0.1, 0.15) is 5.75 Å². The summed E-state index contributed by atoms with van der Waals surface area (Å²) in [6.07, 6.45) is -0.497. The molecule has 4 rings (SSSR count). The fraction of sp³-hybridized carbons (Fsp3) is 0.462. The smallest absolute Gasteiger partial charge is 0.409 e. The van der Waals surface area contributed by atoms with Crippen molar-refractivity contribution in [2.24, 2.45) is 0 Å². The second-order valence-electron chi connectivity index (χ2n) is 9.58. The van der Waals surface area contributed by atoms with Crippen molar-refractivity contribution in [1.82, 2.24) is 14.7 Å². The second kappa shape index (κ2) is 9.43. The summed E-state index contributed by atoms with van der Waals surface area (Å²) >= 11 is 0. The van der Waals surface area contributed by atoms with Crippen molar-refractivity contribution in [1.29, 1.82) is 0 Å². The first-order chi connectivity index (χ1) is 15.7. The van der Waals surface area contributed by atoms with Gasteiger partial charge < -0.3 is 24.3 Å².